The Bertz CT molecular complexity index is 1370. The van der Waals surface area contributed by atoms with Crippen molar-refractivity contribution in [3.63, 3.8) is 0 Å². The maximum atomic E-state index is 12.5. The third-order valence-electron chi connectivity index (χ3n) is 4.36. The standard InChI is InChI=1S/C23H22N4O5S2/c1-4-31-20-12-16(8-9-19(20)32-14-17-7-5-6-15(2)10-17)11-18(13-24)21(28)25-22-26-27-23(33-22)34(3,29)30/h5-12H,4,14H2,1-3H3,(H,25,26,28)/b18-11-. The van der Waals surface area contributed by atoms with Gasteiger partial charge in [-0.3, -0.25) is 10.1 Å². The maximum Gasteiger partial charge on any atom is 0.268 e. The Morgan fingerprint density at radius 1 is 1.18 bits per heavy atom. The molecule has 0 fully saturated rings. The Labute approximate surface area is 201 Å². The lowest BCUT2D eigenvalue weighted by Gasteiger charge is -2.13. The molecule has 1 heterocycles. The number of ether oxygens (including phenoxy) is 2. The number of rotatable bonds is 9. The van der Waals surface area contributed by atoms with Gasteiger partial charge in [0.15, 0.2) is 11.5 Å². The highest BCUT2D eigenvalue weighted by molar-refractivity contribution is 7.92. The van der Waals surface area contributed by atoms with Crippen molar-refractivity contribution in [1.29, 1.82) is 5.26 Å². The lowest BCUT2D eigenvalue weighted by molar-refractivity contribution is -0.112. The topological polar surface area (TPSA) is 131 Å². The van der Waals surface area contributed by atoms with Gasteiger partial charge in [-0.05, 0) is 43.2 Å². The Balaban J connectivity index is 1.78. The number of hydrogen-bond acceptors (Lipinski definition) is 9. The summed E-state index contributed by atoms with van der Waals surface area (Å²) in [6.45, 7) is 4.61. The van der Waals surface area contributed by atoms with Crippen molar-refractivity contribution in [3.8, 4) is 17.6 Å². The zero-order valence-electron chi connectivity index (χ0n) is 18.7. The third kappa shape index (κ3) is 6.63. The molecule has 3 rings (SSSR count). The van der Waals surface area contributed by atoms with Crippen LogP contribution in [-0.4, -0.2) is 37.4 Å². The zero-order valence-corrected chi connectivity index (χ0v) is 20.4. The van der Waals surface area contributed by atoms with Crippen LogP contribution in [0.25, 0.3) is 6.08 Å². The molecular formula is C23H22N4O5S2. The molecule has 1 aromatic heterocycles. The Morgan fingerprint density at radius 3 is 2.62 bits per heavy atom. The van der Waals surface area contributed by atoms with Gasteiger partial charge in [0.1, 0.15) is 18.2 Å². The predicted octanol–water partition coefficient (Wildman–Crippen LogP) is 3.77. The van der Waals surface area contributed by atoms with Crippen molar-refractivity contribution in [2.24, 2.45) is 0 Å². The molecule has 1 N–H and O–H groups in total. The molecule has 0 aliphatic carbocycles. The number of carbonyl (C=O) groups is 1. The van der Waals surface area contributed by atoms with E-state index in [0.717, 1.165) is 17.4 Å². The average Bonchev–Trinajstić information content (AvgIpc) is 3.26. The van der Waals surface area contributed by atoms with Crippen LogP contribution in [0.15, 0.2) is 52.4 Å². The molecule has 0 aliphatic heterocycles. The number of benzene rings is 2. The van der Waals surface area contributed by atoms with Crippen LogP contribution < -0.4 is 14.8 Å². The SMILES string of the molecule is CCOc1cc(/C=C(/C#N)C(=O)Nc2nnc(S(C)(=O)=O)s2)ccc1OCc1cccc(C)c1. The first kappa shape index (κ1) is 24.9. The van der Waals surface area contributed by atoms with E-state index in [1.54, 1.807) is 18.2 Å². The molecule has 0 saturated carbocycles. The van der Waals surface area contributed by atoms with Crippen LogP contribution in [0.2, 0.25) is 0 Å². The van der Waals surface area contributed by atoms with E-state index in [1.807, 2.05) is 44.2 Å². The first-order valence-corrected chi connectivity index (χ1v) is 12.8. The van der Waals surface area contributed by atoms with E-state index in [0.29, 0.717) is 41.6 Å². The van der Waals surface area contributed by atoms with Crippen LogP contribution in [0.3, 0.4) is 0 Å². The number of sulfone groups is 1. The van der Waals surface area contributed by atoms with E-state index < -0.39 is 15.7 Å². The molecule has 34 heavy (non-hydrogen) atoms. The Morgan fingerprint density at radius 2 is 1.97 bits per heavy atom. The molecule has 0 radical (unpaired) electrons. The minimum Gasteiger partial charge on any atom is -0.490 e. The van der Waals surface area contributed by atoms with Gasteiger partial charge in [-0.15, -0.1) is 10.2 Å². The Hall–Kier alpha value is -3.75. The van der Waals surface area contributed by atoms with Crippen molar-refractivity contribution in [3.05, 3.63) is 64.7 Å². The molecule has 2 aromatic carbocycles. The molecule has 1 amide bonds. The lowest BCUT2D eigenvalue weighted by Crippen LogP contribution is -2.13. The first-order chi connectivity index (χ1) is 16.2. The van der Waals surface area contributed by atoms with E-state index in [2.05, 4.69) is 15.5 Å². The molecule has 0 spiro atoms. The number of anilines is 1. The predicted molar refractivity (Wildman–Crippen MR) is 128 cm³/mol. The van der Waals surface area contributed by atoms with Crippen LogP contribution in [0, 0.1) is 18.3 Å². The summed E-state index contributed by atoms with van der Waals surface area (Å²) in [6, 6.07) is 14.9. The van der Waals surface area contributed by atoms with Crippen LogP contribution in [0.4, 0.5) is 5.13 Å². The number of carbonyl (C=O) groups excluding carboxylic acids is 1. The van der Waals surface area contributed by atoms with Crippen LogP contribution in [0.1, 0.15) is 23.6 Å². The molecule has 0 atom stereocenters. The monoisotopic (exact) mass is 498 g/mol. The van der Waals surface area contributed by atoms with Gasteiger partial charge < -0.3 is 9.47 Å². The molecule has 0 bridgehead atoms. The van der Waals surface area contributed by atoms with Gasteiger partial charge in [0.2, 0.25) is 19.3 Å². The summed E-state index contributed by atoms with van der Waals surface area (Å²) in [7, 11) is -3.54. The Kier molecular flexibility index (Phi) is 7.99. The summed E-state index contributed by atoms with van der Waals surface area (Å²) >= 11 is 0.702. The van der Waals surface area contributed by atoms with Gasteiger partial charge in [0.25, 0.3) is 5.91 Å². The van der Waals surface area contributed by atoms with Crippen molar-refractivity contribution in [2.45, 2.75) is 24.8 Å². The van der Waals surface area contributed by atoms with Gasteiger partial charge in [-0.25, -0.2) is 8.42 Å². The minimum atomic E-state index is -3.54. The van der Waals surface area contributed by atoms with Gasteiger partial charge in [0.05, 0.1) is 6.61 Å². The maximum absolute atomic E-state index is 12.5. The highest BCUT2D eigenvalue weighted by Crippen LogP contribution is 2.30. The quantitative estimate of drug-likeness (QED) is 0.268. The van der Waals surface area contributed by atoms with E-state index in [1.165, 1.54) is 6.08 Å². The normalized spacial score (nSPS) is 11.5. The molecule has 0 aliphatic rings. The van der Waals surface area contributed by atoms with Crippen molar-refractivity contribution in [2.75, 3.05) is 18.2 Å². The minimum absolute atomic E-state index is 0.0264. The second kappa shape index (κ2) is 10.9. The van der Waals surface area contributed by atoms with E-state index >= 15 is 0 Å². The number of nitrogens with zero attached hydrogens (tertiary/aromatic N) is 3. The molecule has 9 nitrogen and oxygen atoms in total. The zero-order chi connectivity index (χ0) is 24.7. The van der Waals surface area contributed by atoms with Gasteiger partial charge in [0, 0.05) is 6.26 Å². The second-order valence-corrected chi connectivity index (χ2v) is 10.4. The average molecular weight is 499 g/mol. The molecule has 0 saturated heterocycles. The highest BCUT2D eigenvalue weighted by Gasteiger charge is 2.18. The summed E-state index contributed by atoms with van der Waals surface area (Å²) in [6.07, 6.45) is 2.38. The van der Waals surface area contributed by atoms with Gasteiger partial charge >= 0.3 is 0 Å². The summed E-state index contributed by atoms with van der Waals surface area (Å²) in [5.74, 6) is 0.269. The molecule has 176 valence electrons. The van der Waals surface area contributed by atoms with Crippen LogP contribution in [0.5, 0.6) is 11.5 Å². The number of aromatic nitrogens is 2. The molecule has 11 heteroatoms. The van der Waals surface area contributed by atoms with E-state index in [9.17, 15) is 18.5 Å². The highest BCUT2D eigenvalue weighted by atomic mass is 32.2. The van der Waals surface area contributed by atoms with Crippen LogP contribution >= 0.6 is 11.3 Å². The fraction of sp³-hybridized carbons (Fsp3) is 0.217. The number of nitrogens with one attached hydrogen (secondary N) is 1. The van der Waals surface area contributed by atoms with Crippen molar-refractivity contribution >= 4 is 38.3 Å². The smallest absolute Gasteiger partial charge is 0.268 e. The van der Waals surface area contributed by atoms with Gasteiger partial charge in [-0.1, -0.05) is 47.2 Å². The molecular weight excluding hydrogens is 476 g/mol. The summed E-state index contributed by atoms with van der Waals surface area (Å²) in [4.78, 5) is 12.5. The fourth-order valence-electron chi connectivity index (χ4n) is 2.85. The van der Waals surface area contributed by atoms with Gasteiger partial charge in [-0.2, -0.15) is 5.26 Å². The van der Waals surface area contributed by atoms with Crippen molar-refractivity contribution in [1.82, 2.24) is 10.2 Å². The summed E-state index contributed by atoms with van der Waals surface area (Å²) < 4.78 is 34.4. The number of amides is 1. The summed E-state index contributed by atoms with van der Waals surface area (Å²) in [5, 5.41) is 19.0. The first-order valence-electron chi connectivity index (χ1n) is 10.1. The fourth-order valence-corrected chi connectivity index (χ4v) is 4.36. The number of nitriles is 1. The third-order valence-corrected chi connectivity index (χ3v) is 6.87. The van der Waals surface area contributed by atoms with E-state index in [-0.39, 0.29) is 15.0 Å². The second-order valence-electron chi connectivity index (χ2n) is 7.19. The van der Waals surface area contributed by atoms with E-state index in [4.69, 9.17) is 9.47 Å². The number of hydrogen-bond donors (Lipinski definition) is 1. The van der Waals surface area contributed by atoms with Crippen molar-refractivity contribution < 1.29 is 22.7 Å². The van der Waals surface area contributed by atoms with Crippen LogP contribution in [-0.2, 0) is 21.2 Å². The lowest BCUT2D eigenvalue weighted by atomic mass is 10.1. The largest absolute Gasteiger partial charge is 0.490 e. The molecule has 3 aromatic rings. The summed E-state index contributed by atoms with van der Waals surface area (Å²) in [5.41, 5.74) is 2.50. The number of aryl methyl sites for hydroxylation is 1. The molecule has 0 unspecified atom stereocenters.